The average Bonchev–Trinajstić information content (AvgIpc) is 2.27. The standard InChI is InChI=1S/C10H21N3O3S/c1-4-10(2,11)9(14)12-5-7-13(8-6-12)17(3,15)16/h4-8,11H2,1-3H3. The van der Waals surface area contributed by atoms with Crippen LogP contribution in [0.1, 0.15) is 20.3 Å². The van der Waals surface area contributed by atoms with Crippen molar-refractivity contribution in [1.82, 2.24) is 9.21 Å². The Morgan fingerprint density at radius 3 is 2.12 bits per heavy atom. The summed E-state index contributed by atoms with van der Waals surface area (Å²) in [4.78, 5) is 13.7. The second-order valence-electron chi connectivity index (χ2n) is 4.73. The van der Waals surface area contributed by atoms with E-state index in [4.69, 9.17) is 5.73 Å². The first-order chi connectivity index (χ1) is 7.68. The highest BCUT2D eigenvalue weighted by atomic mass is 32.2. The first-order valence-electron chi connectivity index (χ1n) is 5.72. The lowest BCUT2D eigenvalue weighted by Crippen LogP contribution is -2.58. The van der Waals surface area contributed by atoms with Crippen LogP contribution in [0, 0.1) is 0 Å². The van der Waals surface area contributed by atoms with Gasteiger partial charge in [-0.2, -0.15) is 4.31 Å². The molecular weight excluding hydrogens is 242 g/mol. The summed E-state index contributed by atoms with van der Waals surface area (Å²) in [6, 6.07) is 0. The van der Waals surface area contributed by atoms with Crippen LogP contribution in [0.5, 0.6) is 0 Å². The third-order valence-electron chi connectivity index (χ3n) is 3.22. The van der Waals surface area contributed by atoms with Crippen LogP contribution in [0.15, 0.2) is 0 Å². The van der Waals surface area contributed by atoms with E-state index in [2.05, 4.69) is 0 Å². The van der Waals surface area contributed by atoms with Crippen LogP contribution in [-0.2, 0) is 14.8 Å². The summed E-state index contributed by atoms with van der Waals surface area (Å²) in [7, 11) is -3.15. The van der Waals surface area contributed by atoms with Crippen LogP contribution in [0.4, 0.5) is 0 Å². The SMILES string of the molecule is CCC(C)(N)C(=O)N1CCN(S(C)(=O)=O)CC1. The molecule has 6 nitrogen and oxygen atoms in total. The molecule has 7 heteroatoms. The predicted molar refractivity (Wildman–Crippen MR) is 65.9 cm³/mol. The number of hydrogen-bond donors (Lipinski definition) is 1. The molecule has 1 heterocycles. The van der Waals surface area contributed by atoms with E-state index in [1.165, 1.54) is 10.6 Å². The first kappa shape index (κ1) is 14.4. The van der Waals surface area contributed by atoms with Gasteiger partial charge in [0.2, 0.25) is 15.9 Å². The summed E-state index contributed by atoms with van der Waals surface area (Å²) < 4.78 is 24.0. The molecule has 0 bridgehead atoms. The summed E-state index contributed by atoms with van der Waals surface area (Å²) in [6.45, 7) is 5.11. The number of rotatable bonds is 3. The van der Waals surface area contributed by atoms with Crippen molar-refractivity contribution in [3.05, 3.63) is 0 Å². The van der Waals surface area contributed by atoms with Gasteiger partial charge in [0.15, 0.2) is 0 Å². The first-order valence-corrected chi connectivity index (χ1v) is 7.56. The van der Waals surface area contributed by atoms with Gasteiger partial charge in [0.05, 0.1) is 11.8 Å². The molecule has 0 aromatic rings. The summed E-state index contributed by atoms with van der Waals surface area (Å²) in [5, 5.41) is 0. The smallest absolute Gasteiger partial charge is 0.242 e. The molecule has 1 unspecified atom stereocenters. The molecule has 0 aromatic heterocycles. The lowest BCUT2D eigenvalue weighted by molar-refractivity contribution is -0.137. The van der Waals surface area contributed by atoms with E-state index in [1.54, 1.807) is 11.8 Å². The van der Waals surface area contributed by atoms with E-state index in [0.717, 1.165) is 0 Å². The zero-order chi connectivity index (χ0) is 13.3. The van der Waals surface area contributed by atoms with E-state index in [-0.39, 0.29) is 5.91 Å². The summed E-state index contributed by atoms with van der Waals surface area (Å²) in [6.07, 6.45) is 1.75. The Labute approximate surface area is 103 Å². The van der Waals surface area contributed by atoms with Gasteiger partial charge >= 0.3 is 0 Å². The molecule has 0 aliphatic carbocycles. The van der Waals surface area contributed by atoms with E-state index >= 15 is 0 Å². The Kier molecular flexibility index (Phi) is 4.16. The zero-order valence-electron chi connectivity index (χ0n) is 10.6. The monoisotopic (exact) mass is 263 g/mol. The molecule has 100 valence electrons. The van der Waals surface area contributed by atoms with E-state index in [1.807, 2.05) is 6.92 Å². The summed E-state index contributed by atoms with van der Waals surface area (Å²) in [5.74, 6) is -0.104. The topological polar surface area (TPSA) is 83.7 Å². The van der Waals surface area contributed by atoms with Gasteiger partial charge in [0, 0.05) is 26.2 Å². The molecule has 1 atom stereocenters. The minimum absolute atomic E-state index is 0.104. The molecule has 1 amide bonds. The van der Waals surface area contributed by atoms with Gasteiger partial charge in [-0.05, 0) is 13.3 Å². The Bertz CT molecular complexity index is 384. The highest BCUT2D eigenvalue weighted by Gasteiger charge is 2.34. The Hall–Kier alpha value is -0.660. The van der Waals surface area contributed by atoms with Gasteiger partial charge in [0.1, 0.15) is 0 Å². The van der Waals surface area contributed by atoms with Crippen molar-refractivity contribution < 1.29 is 13.2 Å². The average molecular weight is 263 g/mol. The predicted octanol–water partition coefficient (Wildman–Crippen LogP) is -0.782. The lowest BCUT2D eigenvalue weighted by atomic mass is 9.98. The fourth-order valence-electron chi connectivity index (χ4n) is 1.74. The van der Waals surface area contributed by atoms with Crippen LogP contribution in [0.25, 0.3) is 0 Å². The van der Waals surface area contributed by atoms with E-state index < -0.39 is 15.6 Å². The fourth-order valence-corrected chi connectivity index (χ4v) is 2.56. The normalized spacial score (nSPS) is 22.2. The molecule has 0 spiro atoms. The lowest BCUT2D eigenvalue weighted by Gasteiger charge is -2.37. The Morgan fingerprint density at radius 2 is 1.76 bits per heavy atom. The maximum Gasteiger partial charge on any atom is 0.242 e. The summed E-state index contributed by atoms with van der Waals surface area (Å²) in [5.41, 5.74) is 5.03. The molecular formula is C10H21N3O3S. The van der Waals surface area contributed by atoms with Crippen molar-refractivity contribution in [3.8, 4) is 0 Å². The second-order valence-corrected chi connectivity index (χ2v) is 6.71. The molecule has 1 rings (SSSR count). The van der Waals surface area contributed by atoms with E-state index in [9.17, 15) is 13.2 Å². The fraction of sp³-hybridized carbons (Fsp3) is 0.900. The molecule has 1 aliphatic rings. The molecule has 0 radical (unpaired) electrons. The number of nitrogens with two attached hydrogens (primary N) is 1. The number of carbonyl (C=O) groups excluding carboxylic acids is 1. The third-order valence-corrected chi connectivity index (χ3v) is 4.52. The van der Waals surface area contributed by atoms with Crippen molar-refractivity contribution in [1.29, 1.82) is 0 Å². The molecule has 1 aliphatic heterocycles. The maximum absolute atomic E-state index is 12.0. The molecule has 1 saturated heterocycles. The third kappa shape index (κ3) is 3.40. The van der Waals surface area contributed by atoms with Crippen LogP contribution in [0.3, 0.4) is 0 Å². The number of nitrogens with zero attached hydrogens (tertiary/aromatic N) is 2. The van der Waals surface area contributed by atoms with Gasteiger partial charge in [-0.3, -0.25) is 4.79 Å². The number of hydrogen-bond acceptors (Lipinski definition) is 4. The van der Waals surface area contributed by atoms with Crippen molar-refractivity contribution in [2.75, 3.05) is 32.4 Å². The van der Waals surface area contributed by atoms with Crippen LogP contribution >= 0.6 is 0 Å². The minimum atomic E-state index is -3.15. The van der Waals surface area contributed by atoms with Crippen molar-refractivity contribution in [3.63, 3.8) is 0 Å². The Balaban J connectivity index is 2.62. The number of amides is 1. The summed E-state index contributed by atoms with van der Waals surface area (Å²) >= 11 is 0. The van der Waals surface area contributed by atoms with E-state index in [0.29, 0.717) is 32.6 Å². The van der Waals surface area contributed by atoms with Gasteiger partial charge in [-0.15, -0.1) is 0 Å². The molecule has 0 aromatic carbocycles. The highest BCUT2D eigenvalue weighted by molar-refractivity contribution is 7.88. The van der Waals surface area contributed by atoms with Gasteiger partial charge in [0.25, 0.3) is 0 Å². The minimum Gasteiger partial charge on any atom is -0.338 e. The van der Waals surface area contributed by atoms with Crippen LogP contribution in [-0.4, -0.2) is 61.5 Å². The van der Waals surface area contributed by atoms with Crippen molar-refractivity contribution >= 4 is 15.9 Å². The quantitative estimate of drug-likeness (QED) is 0.724. The molecule has 17 heavy (non-hydrogen) atoms. The van der Waals surface area contributed by atoms with Gasteiger partial charge in [-0.1, -0.05) is 6.92 Å². The molecule has 1 fully saturated rings. The van der Waals surface area contributed by atoms with Gasteiger partial charge in [-0.25, -0.2) is 8.42 Å². The van der Waals surface area contributed by atoms with Gasteiger partial charge < -0.3 is 10.6 Å². The molecule has 0 saturated carbocycles. The zero-order valence-corrected chi connectivity index (χ0v) is 11.5. The highest BCUT2D eigenvalue weighted by Crippen LogP contribution is 2.13. The van der Waals surface area contributed by atoms with Crippen LogP contribution in [0.2, 0.25) is 0 Å². The number of carbonyl (C=O) groups is 1. The molecule has 2 N–H and O–H groups in total. The number of piperazine rings is 1. The maximum atomic E-state index is 12.0. The van der Waals surface area contributed by atoms with Crippen molar-refractivity contribution in [2.45, 2.75) is 25.8 Å². The number of sulfonamides is 1. The van der Waals surface area contributed by atoms with Crippen LogP contribution < -0.4 is 5.73 Å². The Morgan fingerprint density at radius 1 is 1.29 bits per heavy atom. The largest absolute Gasteiger partial charge is 0.338 e. The van der Waals surface area contributed by atoms with Crippen molar-refractivity contribution in [2.24, 2.45) is 5.73 Å². The second kappa shape index (κ2) is 4.91.